The predicted octanol–water partition coefficient (Wildman–Crippen LogP) is 3.27. The number of nitrogens with zero attached hydrogens (tertiary/aromatic N) is 2. The summed E-state index contributed by atoms with van der Waals surface area (Å²) in [6.07, 6.45) is 2.53. The monoisotopic (exact) mass is 283 g/mol. The topological polar surface area (TPSA) is 68.0 Å². The third-order valence-corrected chi connectivity index (χ3v) is 4.44. The van der Waals surface area contributed by atoms with Crippen LogP contribution in [0.4, 0.5) is 5.13 Å². The Morgan fingerprint density at radius 3 is 3.11 bits per heavy atom. The molecule has 0 aliphatic rings. The Bertz CT molecular complexity index is 510. The van der Waals surface area contributed by atoms with Gasteiger partial charge < -0.3 is 4.42 Å². The number of anilines is 1. The summed E-state index contributed by atoms with van der Waals surface area (Å²) >= 11 is 3.03. The van der Waals surface area contributed by atoms with Gasteiger partial charge in [-0.15, -0.1) is 10.2 Å². The molecule has 2 aromatic rings. The number of thioether (sulfide) groups is 1. The lowest BCUT2D eigenvalue weighted by molar-refractivity contribution is 0.0996. The fourth-order valence-electron chi connectivity index (χ4n) is 1.13. The second-order valence-electron chi connectivity index (χ2n) is 3.64. The predicted molar refractivity (Wildman–Crippen MR) is 72.2 cm³/mol. The van der Waals surface area contributed by atoms with Crippen molar-refractivity contribution in [2.45, 2.75) is 29.9 Å². The van der Waals surface area contributed by atoms with Gasteiger partial charge in [-0.25, -0.2) is 0 Å². The second kappa shape index (κ2) is 6.01. The van der Waals surface area contributed by atoms with Crippen molar-refractivity contribution < 1.29 is 9.21 Å². The van der Waals surface area contributed by atoms with Crippen LogP contribution in [-0.2, 0) is 0 Å². The van der Waals surface area contributed by atoms with Crippen LogP contribution < -0.4 is 5.32 Å². The molecule has 96 valence electrons. The zero-order valence-corrected chi connectivity index (χ0v) is 11.7. The van der Waals surface area contributed by atoms with Crippen LogP contribution in [0.5, 0.6) is 0 Å². The van der Waals surface area contributed by atoms with Crippen molar-refractivity contribution in [2.75, 3.05) is 5.32 Å². The number of rotatable bonds is 5. The van der Waals surface area contributed by atoms with E-state index in [1.165, 1.54) is 17.6 Å². The van der Waals surface area contributed by atoms with Crippen molar-refractivity contribution in [3.8, 4) is 0 Å². The highest BCUT2D eigenvalue weighted by Crippen LogP contribution is 2.30. The van der Waals surface area contributed by atoms with Gasteiger partial charge in [-0.05, 0) is 18.6 Å². The van der Waals surface area contributed by atoms with Gasteiger partial charge in [0.05, 0.1) is 6.26 Å². The largest absolute Gasteiger partial charge is 0.459 e. The minimum absolute atomic E-state index is 0.265. The van der Waals surface area contributed by atoms with Crippen molar-refractivity contribution in [1.82, 2.24) is 10.2 Å². The molecule has 0 radical (unpaired) electrons. The summed E-state index contributed by atoms with van der Waals surface area (Å²) in [7, 11) is 0. The lowest BCUT2D eigenvalue weighted by Gasteiger charge is -2.02. The lowest BCUT2D eigenvalue weighted by Crippen LogP contribution is -2.10. The van der Waals surface area contributed by atoms with E-state index in [2.05, 4.69) is 29.4 Å². The van der Waals surface area contributed by atoms with Gasteiger partial charge in [0.25, 0.3) is 5.91 Å². The third-order valence-electron chi connectivity index (χ3n) is 2.25. The third kappa shape index (κ3) is 3.33. The fourth-order valence-corrected chi connectivity index (χ4v) is 3.12. The van der Waals surface area contributed by atoms with Gasteiger partial charge in [-0.3, -0.25) is 10.1 Å². The van der Waals surface area contributed by atoms with Crippen LogP contribution in [0.15, 0.2) is 27.2 Å². The van der Waals surface area contributed by atoms with Crippen molar-refractivity contribution >= 4 is 34.1 Å². The molecule has 0 aliphatic heterocycles. The molecule has 0 bridgehead atoms. The van der Waals surface area contributed by atoms with Gasteiger partial charge in [0, 0.05) is 5.25 Å². The van der Waals surface area contributed by atoms with Gasteiger partial charge in [-0.2, -0.15) is 0 Å². The van der Waals surface area contributed by atoms with Crippen LogP contribution in [-0.4, -0.2) is 21.4 Å². The van der Waals surface area contributed by atoms with Gasteiger partial charge in [0.1, 0.15) is 0 Å². The molecule has 0 saturated carbocycles. The van der Waals surface area contributed by atoms with Crippen LogP contribution in [0, 0.1) is 0 Å². The Morgan fingerprint density at radius 1 is 1.61 bits per heavy atom. The summed E-state index contributed by atoms with van der Waals surface area (Å²) in [5.74, 6) is -0.0439. The second-order valence-corrected chi connectivity index (χ2v) is 6.30. The normalized spacial score (nSPS) is 12.3. The molecule has 0 spiro atoms. The molecule has 5 nitrogen and oxygen atoms in total. The zero-order valence-electron chi connectivity index (χ0n) is 10.0. The van der Waals surface area contributed by atoms with E-state index >= 15 is 0 Å². The molecule has 2 aromatic heterocycles. The average Bonchev–Trinajstić information content (AvgIpc) is 3.00. The molecule has 0 unspecified atom stereocenters. The maximum atomic E-state index is 11.7. The molecule has 2 heterocycles. The highest BCUT2D eigenvalue weighted by molar-refractivity contribution is 8.01. The van der Waals surface area contributed by atoms with Crippen LogP contribution >= 0.6 is 23.1 Å². The molecule has 0 aliphatic carbocycles. The van der Waals surface area contributed by atoms with Gasteiger partial charge >= 0.3 is 0 Å². The van der Waals surface area contributed by atoms with Crippen LogP contribution in [0.2, 0.25) is 0 Å². The molecule has 1 atom stereocenters. The van der Waals surface area contributed by atoms with Crippen LogP contribution in [0.3, 0.4) is 0 Å². The van der Waals surface area contributed by atoms with E-state index in [1.807, 2.05) is 0 Å². The number of furan rings is 1. The van der Waals surface area contributed by atoms with Crippen molar-refractivity contribution in [3.05, 3.63) is 24.2 Å². The number of carbonyl (C=O) groups excluding carboxylic acids is 1. The molecule has 1 amide bonds. The summed E-state index contributed by atoms with van der Waals surface area (Å²) < 4.78 is 5.86. The van der Waals surface area contributed by atoms with E-state index in [0.717, 1.165) is 10.8 Å². The Kier molecular flexibility index (Phi) is 4.38. The number of hydrogen-bond donors (Lipinski definition) is 1. The summed E-state index contributed by atoms with van der Waals surface area (Å²) in [6, 6.07) is 3.27. The summed E-state index contributed by atoms with van der Waals surface area (Å²) in [6.45, 7) is 4.26. The first-order valence-electron chi connectivity index (χ1n) is 5.54. The Morgan fingerprint density at radius 2 is 2.44 bits per heavy atom. The Labute approximate surface area is 113 Å². The quantitative estimate of drug-likeness (QED) is 0.673. The maximum absolute atomic E-state index is 11.7. The highest BCUT2D eigenvalue weighted by Gasteiger charge is 2.13. The van der Waals surface area contributed by atoms with E-state index in [4.69, 9.17) is 4.42 Å². The van der Waals surface area contributed by atoms with Crippen molar-refractivity contribution in [1.29, 1.82) is 0 Å². The SMILES string of the molecule is CC[C@H](C)Sc1nnc(NC(=O)c2ccco2)s1. The standard InChI is InChI=1S/C11H13N3O2S2/c1-3-7(2)17-11-14-13-10(18-11)12-9(15)8-5-4-6-16-8/h4-7H,3H2,1-2H3,(H,12,13,15)/t7-/m0/s1. The highest BCUT2D eigenvalue weighted by atomic mass is 32.2. The number of amides is 1. The fraction of sp³-hybridized carbons (Fsp3) is 0.364. The molecule has 0 fully saturated rings. The van der Waals surface area contributed by atoms with E-state index < -0.39 is 0 Å². The molecule has 7 heteroatoms. The molecule has 0 aromatic carbocycles. The molecular formula is C11H13N3O2S2. The van der Waals surface area contributed by atoms with Gasteiger partial charge in [0.2, 0.25) is 5.13 Å². The average molecular weight is 283 g/mol. The van der Waals surface area contributed by atoms with E-state index in [0.29, 0.717) is 10.4 Å². The molecule has 0 saturated heterocycles. The molecular weight excluding hydrogens is 270 g/mol. The lowest BCUT2D eigenvalue weighted by atomic mass is 10.4. The first-order valence-corrected chi connectivity index (χ1v) is 7.23. The number of hydrogen-bond acceptors (Lipinski definition) is 6. The first-order chi connectivity index (χ1) is 8.69. The van der Waals surface area contributed by atoms with Crippen molar-refractivity contribution in [2.24, 2.45) is 0 Å². The van der Waals surface area contributed by atoms with E-state index in [-0.39, 0.29) is 11.7 Å². The van der Waals surface area contributed by atoms with Crippen molar-refractivity contribution in [3.63, 3.8) is 0 Å². The number of carbonyl (C=O) groups is 1. The smallest absolute Gasteiger partial charge is 0.293 e. The van der Waals surface area contributed by atoms with Gasteiger partial charge in [0.15, 0.2) is 10.1 Å². The first kappa shape index (κ1) is 13.1. The Balaban J connectivity index is 1.96. The van der Waals surface area contributed by atoms with E-state index in [9.17, 15) is 4.79 Å². The van der Waals surface area contributed by atoms with E-state index in [1.54, 1.807) is 23.9 Å². The summed E-state index contributed by atoms with van der Waals surface area (Å²) in [5.41, 5.74) is 0. The molecule has 18 heavy (non-hydrogen) atoms. The molecule has 1 N–H and O–H groups in total. The minimum Gasteiger partial charge on any atom is -0.459 e. The number of nitrogens with one attached hydrogen (secondary N) is 1. The number of aromatic nitrogens is 2. The summed E-state index contributed by atoms with van der Waals surface area (Å²) in [5, 5.41) is 11.6. The van der Waals surface area contributed by atoms with Crippen LogP contribution in [0.1, 0.15) is 30.8 Å². The Hall–Kier alpha value is -1.34. The maximum Gasteiger partial charge on any atom is 0.293 e. The summed E-state index contributed by atoms with van der Waals surface area (Å²) in [4.78, 5) is 11.7. The zero-order chi connectivity index (χ0) is 13.0. The van der Waals surface area contributed by atoms with Gasteiger partial charge in [-0.1, -0.05) is 36.9 Å². The minimum atomic E-state index is -0.309. The molecule has 2 rings (SSSR count). The van der Waals surface area contributed by atoms with Crippen LogP contribution in [0.25, 0.3) is 0 Å².